The van der Waals surface area contributed by atoms with Gasteiger partial charge in [-0.15, -0.1) is 12.4 Å². The summed E-state index contributed by atoms with van der Waals surface area (Å²) in [4.78, 5) is 14.6. The summed E-state index contributed by atoms with van der Waals surface area (Å²) in [5, 5.41) is 0. The van der Waals surface area contributed by atoms with E-state index >= 15 is 0 Å². The fraction of sp³-hybridized carbons (Fsp3) is 0.611. The lowest BCUT2D eigenvalue weighted by molar-refractivity contribution is -0.136. The molecule has 5 heteroatoms. The summed E-state index contributed by atoms with van der Waals surface area (Å²) in [7, 11) is 1.68. The van der Waals surface area contributed by atoms with E-state index in [1.807, 2.05) is 11.0 Å². The second-order valence-electron chi connectivity index (χ2n) is 6.18. The van der Waals surface area contributed by atoms with Crippen molar-refractivity contribution in [2.75, 3.05) is 26.8 Å². The summed E-state index contributed by atoms with van der Waals surface area (Å²) in [5.41, 5.74) is 7.27. The average molecular weight is 341 g/mol. The standard InChI is InChI=1S/C18H28N2O2.ClH/c1-22-13-12-20(18(21)16-9-10-17(19)14-16)11-5-8-15-6-3-2-4-7-15;/h2-4,6-7,16-17H,5,8-14,19H2,1H3;1H. The summed E-state index contributed by atoms with van der Waals surface area (Å²) in [5.74, 6) is 0.377. The van der Waals surface area contributed by atoms with Gasteiger partial charge in [0.25, 0.3) is 0 Å². The molecule has 0 radical (unpaired) electrons. The van der Waals surface area contributed by atoms with Crippen LogP contribution in [0.2, 0.25) is 0 Å². The Hall–Kier alpha value is -1.10. The highest BCUT2D eigenvalue weighted by molar-refractivity contribution is 5.85. The minimum atomic E-state index is 0. The average Bonchev–Trinajstić information content (AvgIpc) is 2.97. The maximum atomic E-state index is 12.7. The minimum absolute atomic E-state index is 0. The first-order valence-corrected chi connectivity index (χ1v) is 8.28. The van der Waals surface area contributed by atoms with Gasteiger partial charge < -0.3 is 15.4 Å². The molecule has 2 unspecified atom stereocenters. The SMILES string of the molecule is COCCN(CCCc1ccccc1)C(=O)C1CCC(N)C1.Cl. The highest BCUT2D eigenvalue weighted by Gasteiger charge is 2.30. The summed E-state index contributed by atoms with van der Waals surface area (Å²) in [6.07, 6.45) is 4.72. The van der Waals surface area contributed by atoms with Crippen LogP contribution in [0, 0.1) is 5.92 Å². The van der Waals surface area contributed by atoms with Crippen molar-refractivity contribution in [3.05, 3.63) is 35.9 Å². The van der Waals surface area contributed by atoms with Crippen molar-refractivity contribution in [3.8, 4) is 0 Å². The van der Waals surface area contributed by atoms with Crippen LogP contribution in [-0.2, 0) is 16.0 Å². The van der Waals surface area contributed by atoms with Crippen LogP contribution in [0.5, 0.6) is 0 Å². The fourth-order valence-electron chi connectivity index (χ4n) is 3.15. The van der Waals surface area contributed by atoms with Gasteiger partial charge in [-0.2, -0.15) is 0 Å². The Morgan fingerprint density at radius 1 is 1.26 bits per heavy atom. The number of carbonyl (C=O) groups excluding carboxylic acids is 1. The zero-order valence-electron chi connectivity index (χ0n) is 13.9. The number of nitrogens with two attached hydrogens (primary N) is 1. The molecule has 2 N–H and O–H groups in total. The lowest BCUT2D eigenvalue weighted by atomic mass is 10.1. The Balaban J connectivity index is 0.00000264. The molecule has 1 aromatic rings. The lowest BCUT2D eigenvalue weighted by Gasteiger charge is -2.25. The molecule has 1 saturated carbocycles. The van der Waals surface area contributed by atoms with Crippen LogP contribution in [0.15, 0.2) is 30.3 Å². The van der Waals surface area contributed by atoms with Gasteiger partial charge in [-0.05, 0) is 37.7 Å². The summed E-state index contributed by atoms with van der Waals surface area (Å²) < 4.78 is 5.15. The monoisotopic (exact) mass is 340 g/mol. The molecule has 130 valence electrons. The number of ether oxygens (including phenoxy) is 1. The van der Waals surface area contributed by atoms with Gasteiger partial charge in [-0.3, -0.25) is 4.79 Å². The van der Waals surface area contributed by atoms with Gasteiger partial charge in [0, 0.05) is 32.2 Å². The number of amides is 1. The van der Waals surface area contributed by atoms with E-state index in [1.165, 1.54) is 5.56 Å². The molecular formula is C18H29ClN2O2. The van der Waals surface area contributed by atoms with E-state index in [1.54, 1.807) is 7.11 Å². The molecule has 2 rings (SSSR count). The molecule has 23 heavy (non-hydrogen) atoms. The number of halogens is 1. The number of rotatable bonds is 8. The van der Waals surface area contributed by atoms with Gasteiger partial charge in [0.1, 0.15) is 0 Å². The van der Waals surface area contributed by atoms with E-state index in [0.29, 0.717) is 13.2 Å². The second kappa shape index (κ2) is 10.6. The number of hydrogen-bond donors (Lipinski definition) is 1. The van der Waals surface area contributed by atoms with Crippen LogP contribution in [0.4, 0.5) is 0 Å². The first-order chi connectivity index (χ1) is 10.7. The molecular weight excluding hydrogens is 312 g/mol. The molecule has 2 atom stereocenters. The van der Waals surface area contributed by atoms with E-state index in [2.05, 4.69) is 24.3 Å². The van der Waals surface area contributed by atoms with E-state index < -0.39 is 0 Å². The van der Waals surface area contributed by atoms with Crippen LogP contribution in [0.1, 0.15) is 31.2 Å². The zero-order valence-corrected chi connectivity index (χ0v) is 14.8. The molecule has 0 heterocycles. The number of methoxy groups -OCH3 is 1. The highest BCUT2D eigenvalue weighted by atomic mass is 35.5. The van der Waals surface area contributed by atoms with Crippen molar-refractivity contribution < 1.29 is 9.53 Å². The van der Waals surface area contributed by atoms with Crippen molar-refractivity contribution >= 4 is 18.3 Å². The third kappa shape index (κ3) is 6.50. The third-order valence-corrected chi connectivity index (χ3v) is 4.44. The third-order valence-electron chi connectivity index (χ3n) is 4.44. The molecule has 1 fully saturated rings. The molecule has 1 amide bonds. The summed E-state index contributed by atoms with van der Waals surface area (Å²) in [6, 6.07) is 10.6. The van der Waals surface area contributed by atoms with Crippen LogP contribution in [0.3, 0.4) is 0 Å². The second-order valence-corrected chi connectivity index (χ2v) is 6.18. The molecule has 0 saturated heterocycles. The maximum Gasteiger partial charge on any atom is 0.225 e. The van der Waals surface area contributed by atoms with Crippen LogP contribution >= 0.6 is 12.4 Å². The van der Waals surface area contributed by atoms with Crippen LogP contribution in [-0.4, -0.2) is 43.7 Å². The first kappa shape index (κ1) is 19.9. The largest absolute Gasteiger partial charge is 0.383 e. The number of nitrogens with zero attached hydrogens (tertiary/aromatic N) is 1. The normalized spacial score (nSPS) is 20.1. The molecule has 0 bridgehead atoms. The number of carbonyl (C=O) groups is 1. The zero-order chi connectivity index (χ0) is 15.8. The van der Waals surface area contributed by atoms with Gasteiger partial charge in [0.2, 0.25) is 5.91 Å². The summed E-state index contributed by atoms with van der Waals surface area (Å²) in [6.45, 7) is 2.06. The number of aryl methyl sites for hydroxylation is 1. The topological polar surface area (TPSA) is 55.6 Å². The van der Waals surface area contributed by atoms with Crippen molar-refractivity contribution in [1.82, 2.24) is 4.90 Å². The Labute approximate surface area is 145 Å². The quantitative estimate of drug-likeness (QED) is 0.791. The van der Waals surface area contributed by atoms with Crippen molar-refractivity contribution in [3.63, 3.8) is 0 Å². The molecule has 0 aromatic heterocycles. The van der Waals surface area contributed by atoms with Crippen LogP contribution in [0.25, 0.3) is 0 Å². The molecule has 1 aliphatic rings. The molecule has 1 aliphatic carbocycles. The molecule has 0 aliphatic heterocycles. The predicted octanol–water partition coefficient (Wildman–Crippen LogP) is 2.64. The Bertz CT molecular complexity index is 456. The lowest BCUT2D eigenvalue weighted by Crippen LogP contribution is -2.39. The van der Waals surface area contributed by atoms with Crippen molar-refractivity contribution in [1.29, 1.82) is 0 Å². The number of benzene rings is 1. The van der Waals surface area contributed by atoms with Gasteiger partial charge >= 0.3 is 0 Å². The smallest absolute Gasteiger partial charge is 0.225 e. The molecule has 0 spiro atoms. The van der Waals surface area contributed by atoms with Gasteiger partial charge in [-0.25, -0.2) is 0 Å². The minimum Gasteiger partial charge on any atom is -0.383 e. The number of hydrogen-bond acceptors (Lipinski definition) is 3. The highest BCUT2D eigenvalue weighted by Crippen LogP contribution is 2.26. The van der Waals surface area contributed by atoms with Gasteiger partial charge in [-0.1, -0.05) is 30.3 Å². The Morgan fingerprint density at radius 3 is 2.61 bits per heavy atom. The van der Waals surface area contributed by atoms with Crippen molar-refractivity contribution in [2.24, 2.45) is 11.7 Å². The Kier molecular flexibility index (Phi) is 9.22. The van der Waals surface area contributed by atoms with E-state index in [0.717, 1.165) is 38.6 Å². The van der Waals surface area contributed by atoms with Gasteiger partial charge in [0.05, 0.1) is 6.61 Å². The van der Waals surface area contributed by atoms with Crippen molar-refractivity contribution in [2.45, 2.75) is 38.1 Å². The van der Waals surface area contributed by atoms with E-state index in [9.17, 15) is 4.79 Å². The van der Waals surface area contributed by atoms with Gasteiger partial charge in [0.15, 0.2) is 0 Å². The molecule has 1 aromatic carbocycles. The van der Waals surface area contributed by atoms with E-state index in [4.69, 9.17) is 10.5 Å². The molecule has 4 nitrogen and oxygen atoms in total. The Morgan fingerprint density at radius 2 is 2.00 bits per heavy atom. The predicted molar refractivity (Wildman–Crippen MR) is 95.8 cm³/mol. The maximum absolute atomic E-state index is 12.7. The summed E-state index contributed by atoms with van der Waals surface area (Å²) >= 11 is 0. The first-order valence-electron chi connectivity index (χ1n) is 8.28. The van der Waals surface area contributed by atoms with Crippen LogP contribution < -0.4 is 5.73 Å². The fourth-order valence-corrected chi connectivity index (χ4v) is 3.15. The van der Waals surface area contributed by atoms with E-state index in [-0.39, 0.29) is 30.3 Å².